The second-order valence-corrected chi connectivity index (χ2v) is 4.52. The first-order chi connectivity index (χ1) is 8.24. The van der Waals surface area contributed by atoms with Crippen LogP contribution in [0.25, 0.3) is 0 Å². The topological polar surface area (TPSA) is 74.4 Å². The van der Waals surface area contributed by atoms with E-state index < -0.39 is 0 Å². The quantitative estimate of drug-likeness (QED) is 0.724. The van der Waals surface area contributed by atoms with Gasteiger partial charge in [0.1, 0.15) is 0 Å². The van der Waals surface area contributed by atoms with Crippen molar-refractivity contribution in [1.82, 2.24) is 20.4 Å². The molecule has 0 aliphatic carbocycles. The average molecular weight is 240 g/mol. The summed E-state index contributed by atoms with van der Waals surface area (Å²) < 4.78 is 4.86. The highest BCUT2D eigenvalue weighted by Gasteiger charge is 2.15. The summed E-state index contributed by atoms with van der Waals surface area (Å²) in [5.41, 5.74) is 0. The number of aromatic nitrogens is 2. The standard InChI is InChI=1S/C11H20N4O2/c1-9-13-11(14-17-9)7-12-6-10(16)8-15-4-2-3-5-15/h10,12,16H,2-8H2,1H3. The first-order valence-electron chi connectivity index (χ1n) is 6.14. The SMILES string of the molecule is Cc1nc(CNCC(O)CN2CCCC2)no1. The van der Waals surface area contributed by atoms with E-state index in [1.54, 1.807) is 6.92 Å². The minimum atomic E-state index is -0.332. The Morgan fingerprint density at radius 2 is 2.24 bits per heavy atom. The predicted octanol–water partition coefficient (Wildman–Crippen LogP) is -0.0757. The maximum atomic E-state index is 9.82. The van der Waals surface area contributed by atoms with E-state index in [2.05, 4.69) is 20.4 Å². The fraction of sp³-hybridized carbons (Fsp3) is 0.818. The van der Waals surface area contributed by atoms with Gasteiger partial charge in [-0.1, -0.05) is 5.16 Å². The van der Waals surface area contributed by atoms with Crippen LogP contribution in [0.1, 0.15) is 24.6 Å². The number of β-amino-alcohol motifs (C(OH)–C–C–N with tert-alkyl or cyclic N) is 1. The molecule has 0 radical (unpaired) electrons. The minimum Gasteiger partial charge on any atom is -0.390 e. The molecule has 0 spiro atoms. The van der Waals surface area contributed by atoms with E-state index in [-0.39, 0.29) is 6.10 Å². The van der Waals surface area contributed by atoms with Crippen molar-refractivity contribution in [1.29, 1.82) is 0 Å². The monoisotopic (exact) mass is 240 g/mol. The molecule has 0 amide bonds. The lowest BCUT2D eigenvalue weighted by Gasteiger charge is -2.19. The molecule has 6 nitrogen and oxygen atoms in total. The summed E-state index contributed by atoms with van der Waals surface area (Å²) in [6, 6.07) is 0. The molecule has 2 rings (SSSR count). The Balaban J connectivity index is 1.60. The number of hydrogen-bond acceptors (Lipinski definition) is 6. The third kappa shape index (κ3) is 4.07. The summed E-state index contributed by atoms with van der Waals surface area (Å²) in [5.74, 6) is 1.20. The van der Waals surface area contributed by atoms with E-state index in [0.717, 1.165) is 19.6 Å². The van der Waals surface area contributed by atoms with Crippen molar-refractivity contribution in [2.45, 2.75) is 32.4 Å². The molecule has 1 saturated heterocycles. The van der Waals surface area contributed by atoms with E-state index in [0.29, 0.717) is 24.8 Å². The fourth-order valence-corrected chi connectivity index (χ4v) is 2.09. The third-order valence-corrected chi connectivity index (χ3v) is 2.90. The summed E-state index contributed by atoms with van der Waals surface area (Å²) in [4.78, 5) is 6.37. The van der Waals surface area contributed by atoms with Gasteiger partial charge in [0.25, 0.3) is 0 Å². The van der Waals surface area contributed by atoms with Crippen molar-refractivity contribution in [2.24, 2.45) is 0 Å². The second-order valence-electron chi connectivity index (χ2n) is 4.52. The molecule has 17 heavy (non-hydrogen) atoms. The molecule has 1 unspecified atom stereocenters. The Kier molecular flexibility index (Phi) is 4.47. The van der Waals surface area contributed by atoms with Crippen LogP contribution in [0.2, 0.25) is 0 Å². The Labute approximate surface area is 101 Å². The summed E-state index contributed by atoms with van der Waals surface area (Å²) in [7, 11) is 0. The van der Waals surface area contributed by atoms with Crippen molar-refractivity contribution in [2.75, 3.05) is 26.2 Å². The molecule has 0 saturated carbocycles. The summed E-state index contributed by atoms with van der Waals surface area (Å²) >= 11 is 0. The van der Waals surface area contributed by atoms with Crippen LogP contribution in [-0.4, -0.2) is 52.4 Å². The average Bonchev–Trinajstić information content (AvgIpc) is 2.90. The molecule has 0 aromatic carbocycles. The molecule has 1 fully saturated rings. The zero-order valence-electron chi connectivity index (χ0n) is 10.2. The van der Waals surface area contributed by atoms with Crippen LogP contribution in [0.3, 0.4) is 0 Å². The van der Waals surface area contributed by atoms with Gasteiger partial charge in [0.05, 0.1) is 12.6 Å². The molecule has 2 heterocycles. The van der Waals surface area contributed by atoms with Crippen LogP contribution in [-0.2, 0) is 6.54 Å². The van der Waals surface area contributed by atoms with Gasteiger partial charge in [-0.3, -0.25) is 0 Å². The minimum absolute atomic E-state index is 0.332. The Hall–Kier alpha value is -0.980. The van der Waals surface area contributed by atoms with Crippen LogP contribution in [0.15, 0.2) is 4.52 Å². The number of aryl methyl sites for hydroxylation is 1. The first kappa shape index (κ1) is 12.5. The molecule has 1 aliphatic heterocycles. The lowest BCUT2D eigenvalue weighted by atomic mass is 10.3. The lowest BCUT2D eigenvalue weighted by Crippen LogP contribution is -2.36. The highest BCUT2D eigenvalue weighted by Crippen LogP contribution is 2.07. The van der Waals surface area contributed by atoms with Crippen molar-refractivity contribution in [3.63, 3.8) is 0 Å². The Bertz CT molecular complexity index is 336. The number of nitrogens with zero attached hydrogens (tertiary/aromatic N) is 3. The first-order valence-corrected chi connectivity index (χ1v) is 6.14. The van der Waals surface area contributed by atoms with Crippen LogP contribution in [0.5, 0.6) is 0 Å². The summed E-state index contributed by atoms with van der Waals surface area (Å²) in [6.07, 6.45) is 2.17. The van der Waals surface area contributed by atoms with Crippen LogP contribution >= 0.6 is 0 Å². The van der Waals surface area contributed by atoms with Crippen molar-refractivity contribution >= 4 is 0 Å². The van der Waals surface area contributed by atoms with E-state index in [1.807, 2.05) is 0 Å². The smallest absolute Gasteiger partial charge is 0.223 e. The zero-order valence-corrected chi connectivity index (χ0v) is 10.2. The van der Waals surface area contributed by atoms with Gasteiger partial charge in [-0.05, 0) is 25.9 Å². The lowest BCUT2D eigenvalue weighted by molar-refractivity contribution is 0.123. The summed E-state index contributed by atoms with van der Waals surface area (Å²) in [6.45, 7) is 5.83. The van der Waals surface area contributed by atoms with Crippen molar-refractivity contribution in [3.05, 3.63) is 11.7 Å². The van der Waals surface area contributed by atoms with Crippen molar-refractivity contribution < 1.29 is 9.63 Å². The maximum Gasteiger partial charge on any atom is 0.223 e. The largest absolute Gasteiger partial charge is 0.390 e. The normalized spacial score (nSPS) is 18.7. The molecule has 2 N–H and O–H groups in total. The number of aliphatic hydroxyl groups is 1. The van der Waals surface area contributed by atoms with Crippen LogP contribution in [0.4, 0.5) is 0 Å². The highest BCUT2D eigenvalue weighted by atomic mass is 16.5. The molecule has 6 heteroatoms. The molecular weight excluding hydrogens is 220 g/mol. The van der Waals surface area contributed by atoms with Gasteiger partial charge in [-0.2, -0.15) is 4.98 Å². The summed E-state index contributed by atoms with van der Waals surface area (Å²) in [5, 5.41) is 16.7. The fourth-order valence-electron chi connectivity index (χ4n) is 2.09. The predicted molar refractivity (Wildman–Crippen MR) is 62.4 cm³/mol. The van der Waals surface area contributed by atoms with Gasteiger partial charge in [0.2, 0.25) is 5.89 Å². The van der Waals surface area contributed by atoms with E-state index in [9.17, 15) is 5.11 Å². The van der Waals surface area contributed by atoms with Gasteiger partial charge in [0.15, 0.2) is 5.82 Å². The van der Waals surface area contributed by atoms with Gasteiger partial charge < -0.3 is 19.8 Å². The third-order valence-electron chi connectivity index (χ3n) is 2.90. The Morgan fingerprint density at radius 1 is 1.47 bits per heavy atom. The molecular formula is C11H20N4O2. The van der Waals surface area contributed by atoms with Crippen LogP contribution in [0, 0.1) is 6.92 Å². The maximum absolute atomic E-state index is 9.82. The van der Waals surface area contributed by atoms with Crippen molar-refractivity contribution in [3.8, 4) is 0 Å². The number of nitrogens with one attached hydrogen (secondary N) is 1. The Morgan fingerprint density at radius 3 is 2.88 bits per heavy atom. The molecule has 96 valence electrons. The second kappa shape index (κ2) is 6.09. The van der Waals surface area contributed by atoms with Gasteiger partial charge in [-0.25, -0.2) is 0 Å². The highest BCUT2D eigenvalue weighted by molar-refractivity contribution is 4.83. The van der Waals surface area contributed by atoms with E-state index >= 15 is 0 Å². The molecule has 0 bridgehead atoms. The number of likely N-dealkylation sites (tertiary alicyclic amines) is 1. The van der Waals surface area contributed by atoms with Gasteiger partial charge >= 0.3 is 0 Å². The number of aliphatic hydroxyl groups excluding tert-OH is 1. The van der Waals surface area contributed by atoms with Gasteiger partial charge in [0, 0.05) is 20.0 Å². The van der Waals surface area contributed by atoms with Gasteiger partial charge in [-0.15, -0.1) is 0 Å². The molecule has 1 atom stereocenters. The van der Waals surface area contributed by atoms with Crippen LogP contribution < -0.4 is 5.32 Å². The molecule has 1 aliphatic rings. The van der Waals surface area contributed by atoms with E-state index in [1.165, 1.54) is 12.8 Å². The molecule has 1 aromatic heterocycles. The number of rotatable bonds is 6. The zero-order chi connectivity index (χ0) is 12.1. The number of hydrogen-bond donors (Lipinski definition) is 2. The molecule has 1 aromatic rings. The van der Waals surface area contributed by atoms with E-state index in [4.69, 9.17) is 4.52 Å².